The van der Waals surface area contributed by atoms with E-state index in [2.05, 4.69) is 0 Å². The van der Waals surface area contributed by atoms with Gasteiger partial charge in [0, 0.05) is 30.6 Å². The lowest BCUT2D eigenvalue weighted by Gasteiger charge is -2.13. The number of benzene rings is 1. The van der Waals surface area contributed by atoms with Gasteiger partial charge in [0.15, 0.2) is 5.43 Å². The predicted molar refractivity (Wildman–Crippen MR) is 73.2 cm³/mol. The number of carbonyl (C=O) groups is 1. The SMILES string of the molecule is CCOc1cccc2c(=O)ccn(CCC(N)=O)c12. The van der Waals surface area contributed by atoms with Gasteiger partial charge in [-0.3, -0.25) is 9.59 Å². The van der Waals surface area contributed by atoms with Crippen LogP contribution in [0.3, 0.4) is 0 Å². The minimum absolute atomic E-state index is 0.0631. The molecule has 0 atom stereocenters. The second-order valence-corrected chi connectivity index (χ2v) is 4.18. The van der Waals surface area contributed by atoms with Crippen LogP contribution in [-0.4, -0.2) is 17.1 Å². The van der Waals surface area contributed by atoms with Gasteiger partial charge in [0.25, 0.3) is 0 Å². The van der Waals surface area contributed by atoms with E-state index in [1.165, 1.54) is 6.07 Å². The Kier molecular flexibility index (Phi) is 3.85. The van der Waals surface area contributed by atoms with Crippen molar-refractivity contribution in [1.29, 1.82) is 0 Å². The molecule has 0 fully saturated rings. The van der Waals surface area contributed by atoms with Gasteiger partial charge >= 0.3 is 0 Å². The number of nitrogens with zero attached hydrogens (tertiary/aromatic N) is 1. The van der Waals surface area contributed by atoms with E-state index in [0.717, 1.165) is 0 Å². The van der Waals surface area contributed by atoms with Gasteiger partial charge in [0.1, 0.15) is 5.75 Å². The molecule has 0 radical (unpaired) electrons. The Balaban J connectivity index is 2.59. The molecule has 1 amide bonds. The lowest BCUT2D eigenvalue weighted by atomic mass is 10.2. The molecule has 0 spiro atoms. The maximum absolute atomic E-state index is 11.9. The average Bonchev–Trinajstić information content (AvgIpc) is 2.39. The maximum Gasteiger partial charge on any atom is 0.219 e. The summed E-state index contributed by atoms with van der Waals surface area (Å²) in [4.78, 5) is 22.8. The first kappa shape index (κ1) is 13.1. The minimum atomic E-state index is -0.374. The number of para-hydroxylation sites is 1. The lowest BCUT2D eigenvalue weighted by molar-refractivity contribution is -0.118. The molecule has 2 N–H and O–H groups in total. The Morgan fingerprint density at radius 1 is 1.37 bits per heavy atom. The molecule has 1 aromatic heterocycles. The molecule has 0 bridgehead atoms. The summed E-state index contributed by atoms with van der Waals surface area (Å²) in [6, 6.07) is 6.83. The highest BCUT2D eigenvalue weighted by molar-refractivity contribution is 5.85. The van der Waals surface area contributed by atoms with Crippen LogP contribution in [0.4, 0.5) is 0 Å². The van der Waals surface area contributed by atoms with Crippen molar-refractivity contribution in [1.82, 2.24) is 4.57 Å². The number of carbonyl (C=O) groups excluding carboxylic acids is 1. The minimum Gasteiger partial charge on any atom is -0.492 e. The zero-order valence-corrected chi connectivity index (χ0v) is 10.8. The summed E-state index contributed by atoms with van der Waals surface area (Å²) in [6.07, 6.45) is 1.88. The van der Waals surface area contributed by atoms with E-state index < -0.39 is 0 Å². The summed E-state index contributed by atoms with van der Waals surface area (Å²) in [5, 5.41) is 0.581. The molecule has 0 aliphatic carbocycles. The van der Waals surface area contributed by atoms with Gasteiger partial charge in [-0.25, -0.2) is 0 Å². The van der Waals surface area contributed by atoms with Crippen LogP contribution < -0.4 is 15.9 Å². The van der Waals surface area contributed by atoms with Crippen molar-refractivity contribution in [3.05, 3.63) is 40.7 Å². The number of primary amides is 1. The van der Waals surface area contributed by atoms with Gasteiger partial charge in [-0.1, -0.05) is 6.07 Å². The van der Waals surface area contributed by atoms with E-state index >= 15 is 0 Å². The summed E-state index contributed by atoms with van der Waals surface area (Å²) in [7, 11) is 0. The van der Waals surface area contributed by atoms with Crippen LogP contribution in [-0.2, 0) is 11.3 Å². The van der Waals surface area contributed by atoms with Gasteiger partial charge in [-0.2, -0.15) is 0 Å². The van der Waals surface area contributed by atoms with E-state index in [4.69, 9.17) is 10.5 Å². The van der Waals surface area contributed by atoms with E-state index in [1.807, 2.05) is 17.6 Å². The Hall–Kier alpha value is -2.30. The summed E-state index contributed by atoms with van der Waals surface area (Å²) >= 11 is 0. The molecule has 1 heterocycles. The summed E-state index contributed by atoms with van der Waals surface area (Å²) in [6.45, 7) is 2.82. The van der Waals surface area contributed by atoms with Crippen LogP contribution in [0.2, 0.25) is 0 Å². The highest BCUT2D eigenvalue weighted by Crippen LogP contribution is 2.23. The fraction of sp³-hybridized carbons (Fsp3) is 0.286. The highest BCUT2D eigenvalue weighted by atomic mass is 16.5. The Morgan fingerprint density at radius 2 is 2.16 bits per heavy atom. The molecule has 0 saturated heterocycles. The van der Waals surface area contributed by atoms with E-state index in [0.29, 0.717) is 29.8 Å². The van der Waals surface area contributed by atoms with Crippen molar-refractivity contribution in [2.45, 2.75) is 19.9 Å². The van der Waals surface area contributed by atoms with Crippen molar-refractivity contribution in [2.75, 3.05) is 6.61 Å². The third-order valence-electron chi connectivity index (χ3n) is 2.86. The molecule has 5 heteroatoms. The largest absolute Gasteiger partial charge is 0.492 e. The van der Waals surface area contributed by atoms with Gasteiger partial charge in [0.2, 0.25) is 5.91 Å². The number of aryl methyl sites for hydroxylation is 1. The van der Waals surface area contributed by atoms with Crippen LogP contribution in [0.25, 0.3) is 10.9 Å². The standard InChI is InChI=1S/C14H16N2O3/c1-2-19-12-5-3-4-10-11(17)6-8-16(14(10)12)9-7-13(15)18/h3-6,8H,2,7,9H2,1H3,(H2,15,18). The maximum atomic E-state index is 11.9. The number of ether oxygens (including phenoxy) is 1. The van der Waals surface area contributed by atoms with Crippen molar-refractivity contribution in [3.63, 3.8) is 0 Å². The molecule has 0 aliphatic heterocycles. The topological polar surface area (TPSA) is 74.3 Å². The number of hydrogen-bond acceptors (Lipinski definition) is 3. The monoisotopic (exact) mass is 260 g/mol. The molecular weight excluding hydrogens is 244 g/mol. The molecule has 5 nitrogen and oxygen atoms in total. The fourth-order valence-corrected chi connectivity index (χ4v) is 2.03. The van der Waals surface area contributed by atoms with Crippen LogP contribution in [0.1, 0.15) is 13.3 Å². The van der Waals surface area contributed by atoms with Crippen LogP contribution in [0.5, 0.6) is 5.75 Å². The van der Waals surface area contributed by atoms with E-state index in [-0.39, 0.29) is 17.8 Å². The number of rotatable bonds is 5. The third kappa shape index (κ3) is 2.76. The van der Waals surface area contributed by atoms with Gasteiger partial charge in [-0.15, -0.1) is 0 Å². The van der Waals surface area contributed by atoms with Crippen molar-refractivity contribution in [2.24, 2.45) is 5.73 Å². The third-order valence-corrected chi connectivity index (χ3v) is 2.86. The molecule has 0 aliphatic rings. The smallest absolute Gasteiger partial charge is 0.219 e. The highest BCUT2D eigenvalue weighted by Gasteiger charge is 2.09. The first-order valence-corrected chi connectivity index (χ1v) is 6.16. The quantitative estimate of drug-likeness (QED) is 0.879. The summed E-state index contributed by atoms with van der Waals surface area (Å²) < 4.78 is 7.37. The zero-order valence-electron chi connectivity index (χ0n) is 10.8. The second kappa shape index (κ2) is 5.56. The lowest BCUT2D eigenvalue weighted by Crippen LogP contribution is -2.16. The first-order valence-electron chi connectivity index (χ1n) is 6.16. The Morgan fingerprint density at radius 3 is 2.84 bits per heavy atom. The number of hydrogen-bond donors (Lipinski definition) is 1. The van der Waals surface area contributed by atoms with Crippen molar-refractivity contribution in [3.8, 4) is 5.75 Å². The van der Waals surface area contributed by atoms with Gasteiger partial charge in [-0.05, 0) is 19.1 Å². The van der Waals surface area contributed by atoms with Gasteiger partial charge < -0.3 is 15.0 Å². The first-order chi connectivity index (χ1) is 9.13. The summed E-state index contributed by atoms with van der Waals surface area (Å²) in [5.41, 5.74) is 5.81. The van der Waals surface area contributed by atoms with Crippen molar-refractivity contribution < 1.29 is 9.53 Å². The molecular formula is C14H16N2O3. The normalized spacial score (nSPS) is 10.6. The van der Waals surface area contributed by atoms with Crippen LogP contribution in [0.15, 0.2) is 35.3 Å². The number of fused-ring (bicyclic) bond motifs is 1. The average molecular weight is 260 g/mol. The fourth-order valence-electron chi connectivity index (χ4n) is 2.03. The number of aromatic nitrogens is 1. The molecule has 0 saturated carbocycles. The molecule has 100 valence electrons. The number of nitrogens with two attached hydrogens (primary N) is 1. The molecule has 19 heavy (non-hydrogen) atoms. The Labute approximate surface area is 110 Å². The van der Waals surface area contributed by atoms with Crippen molar-refractivity contribution >= 4 is 16.8 Å². The van der Waals surface area contributed by atoms with E-state index in [9.17, 15) is 9.59 Å². The van der Waals surface area contributed by atoms with Crippen LogP contribution in [0, 0.1) is 0 Å². The zero-order chi connectivity index (χ0) is 13.8. The number of amides is 1. The molecule has 1 aromatic carbocycles. The summed E-state index contributed by atoms with van der Waals surface area (Å²) in [5.74, 6) is 0.267. The van der Waals surface area contributed by atoms with Crippen LogP contribution >= 0.6 is 0 Å². The Bertz CT molecular complexity index is 661. The molecule has 0 unspecified atom stereocenters. The van der Waals surface area contributed by atoms with Gasteiger partial charge in [0.05, 0.1) is 12.1 Å². The predicted octanol–water partition coefficient (Wildman–Crippen LogP) is 1.28. The molecule has 2 aromatic rings. The second-order valence-electron chi connectivity index (χ2n) is 4.18. The van der Waals surface area contributed by atoms with E-state index in [1.54, 1.807) is 18.3 Å². The number of pyridine rings is 1. The molecule has 2 rings (SSSR count).